The van der Waals surface area contributed by atoms with Gasteiger partial charge in [0.15, 0.2) is 5.82 Å². The van der Waals surface area contributed by atoms with E-state index in [1.807, 2.05) is 0 Å². The largest absolute Gasteiger partial charge is 0.339 e. The van der Waals surface area contributed by atoms with Gasteiger partial charge >= 0.3 is 0 Å². The van der Waals surface area contributed by atoms with E-state index >= 15 is 0 Å². The molecule has 0 aliphatic heterocycles. The number of hydrogen-bond donors (Lipinski definition) is 1. The van der Waals surface area contributed by atoms with Gasteiger partial charge in [-0.2, -0.15) is 4.98 Å². The third-order valence-electron chi connectivity index (χ3n) is 4.65. The van der Waals surface area contributed by atoms with Crippen LogP contribution >= 0.6 is 0 Å². The quantitative estimate of drug-likeness (QED) is 0.854. The van der Waals surface area contributed by atoms with E-state index in [0.717, 1.165) is 24.6 Å². The highest BCUT2D eigenvalue weighted by Gasteiger charge is 2.43. The lowest BCUT2D eigenvalue weighted by Gasteiger charge is -2.35. The Morgan fingerprint density at radius 2 is 2.18 bits per heavy atom. The summed E-state index contributed by atoms with van der Waals surface area (Å²) in [4.78, 5) is 4.61. The van der Waals surface area contributed by atoms with Crippen LogP contribution in [0.2, 0.25) is 0 Å². The lowest BCUT2D eigenvalue weighted by Crippen LogP contribution is -2.45. The van der Waals surface area contributed by atoms with Crippen LogP contribution in [-0.2, 0) is 5.41 Å². The topological polar surface area (TPSA) is 64.9 Å². The lowest BCUT2D eigenvalue weighted by atomic mass is 9.72. The van der Waals surface area contributed by atoms with Gasteiger partial charge in [-0.25, -0.2) is 0 Å². The molecule has 0 amide bonds. The number of rotatable bonds is 2. The summed E-state index contributed by atoms with van der Waals surface area (Å²) in [6.45, 7) is 4.40. The Morgan fingerprint density at radius 3 is 2.82 bits per heavy atom. The standard InChI is InChI=1S/C13H21N3O/c1-8-7-9(8)11-15-12(17-16-11)13(2)6-4-3-5-10(13)14/h8-10H,3-7,14H2,1-2H3. The van der Waals surface area contributed by atoms with Crippen molar-refractivity contribution in [3.8, 4) is 0 Å². The second kappa shape index (κ2) is 3.80. The molecule has 1 aromatic heterocycles. The maximum Gasteiger partial charge on any atom is 0.234 e. The Bertz CT molecular complexity index is 417. The molecule has 3 rings (SSSR count). The van der Waals surface area contributed by atoms with Crippen molar-refractivity contribution in [2.45, 2.75) is 63.3 Å². The van der Waals surface area contributed by atoms with Crippen LogP contribution in [0.15, 0.2) is 4.52 Å². The van der Waals surface area contributed by atoms with Gasteiger partial charge < -0.3 is 10.3 Å². The number of nitrogens with two attached hydrogens (primary N) is 1. The molecule has 0 bridgehead atoms. The second-order valence-corrected chi connectivity index (χ2v) is 6.05. The number of nitrogens with zero attached hydrogens (tertiary/aromatic N) is 2. The SMILES string of the molecule is CC1CC1c1noc(C2(C)CCCCC2N)n1. The zero-order valence-corrected chi connectivity index (χ0v) is 10.6. The minimum absolute atomic E-state index is 0.109. The number of hydrogen-bond acceptors (Lipinski definition) is 4. The summed E-state index contributed by atoms with van der Waals surface area (Å²) in [6, 6.07) is 0.154. The molecular formula is C13H21N3O. The highest BCUT2D eigenvalue weighted by Crippen LogP contribution is 2.46. The zero-order chi connectivity index (χ0) is 12.0. The summed E-state index contributed by atoms with van der Waals surface area (Å²) in [5.41, 5.74) is 6.14. The Balaban J connectivity index is 1.84. The van der Waals surface area contributed by atoms with Crippen molar-refractivity contribution < 1.29 is 4.52 Å². The molecule has 0 saturated heterocycles. The Hall–Kier alpha value is -0.900. The first-order valence-corrected chi connectivity index (χ1v) is 6.71. The van der Waals surface area contributed by atoms with E-state index in [1.165, 1.54) is 19.3 Å². The van der Waals surface area contributed by atoms with E-state index in [4.69, 9.17) is 10.3 Å². The fourth-order valence-electron chi connectivity index (χ4n) is 2.93. The molecule has 17 heavy (non-hydrogen) atoms. The summed E-state index contributed by atoms with van der Waals surface area (Å²) in [5.74, 6) is 2.90. The summed E-state index contributed by atoms with van der Waals surface area (Å²) in [7, 11) is 0. The molecule has 0 radical (unpaired) electrons. The first-order chi connectivity index (χ1) is 8.11. The molecule has 0 aromatic carbocycles. The van der Waals surface area contributed by atoms with Crippen molar-refractivity contribution in [3.63, 3.8) is 0 Å². The Kier molecular flexibility index (Phi) is 2.51. The summed E-state index contributed by atoms with van der Waals surface area (Å²) >= 11 is 0. The van der Waals surface area contributed by atoms with Gasteiger partial charge in [0, 0.05) is 12.0 Å². The molecule has 4 atom stereocenters. The molecule has 1 heterocycles. The van der Waals surface area contributed by atoms with Gasteiger partial charge in [-0.05, 0) is 32.1 Å². The van der Waals surface area contributed by atoms with Crippen LogP contribution in [0.5, 0.6) is 0 Å². The molecule has 2 fully saturated rings. The molecule has 2 aliphatic carbocycles. The van der Waals surface area contributed by atoms with E-state index in [2.05, 4.69) is 24.0 Å². The third kappa shape index (κ3) is 1.79. The van der Waals surface area contributed by atoms with Gasteiger partial charge in [-0.3, -0.25) is 0 Å². The Morgan fingerprint density at radius 1 is 1.41 bits per heavy atom. The first-order valence-electron chi connectivity index (χ1n) is 6.71. The van der Waals surface area contributed by atoms with E-state index < -0.39 is 0 Å². The van der Waals surface area contributed by atoms with E-state index in [9.17, 15) is 0 Å². The van der Waals surface area contributed by atoms with Gasteiger partial charge in [0.05, 0.1) is 5.41 Å². The molecule has 2 aliphatic rings. The van der Waals surface area contributed by atoms with Crippen LogP contribution in [0.1, 0.15) is 63.6 Å². The van der Waals surface area contributed by atoms with Crippen molar-refractivity contribution in [3.05, 3.63) is 11.7 Å². The smallest absolute Gasteiger partial charge is 0.234 e. The van der Waals surface area contributed by atoms with Crippen molar-refractivity contribution in [2.24, 2.45) is 11.7 Å². The molecule has 2 N–H and O–H groups in total. The van der Waals surface area contributed by atoms with Crippen LogP contribution in [0.25, 0.3) is 0 Å². The fraction of sp³-hybridized carbons (Fsp3) is 0.846. The highest BCUT2D eigenvalue weighted by atomic mass is 16.5. The second-order valence-electron chi connectivity index (χ2n) is 6.05. The molecule has 1 aromatic rings. The molecule has 4 unspecified atom stereocenters. The highest BCUT2D eigenvalue weighted by molar-refractivity contribution is 5.14. The van der Waals surface area contributed by atoms with E-state index in [0.29, 0.717) is 11.8 Å². The van der Waals surface area contributed by atoms with Gasteiger partial charge in [-0.1, -0.05) is 24.9 Å². The molecule has 2 saturated carbocycles. The summed E-state index contributed by atoms with van der Waals surface area (Å²) < 4.78 is 5.49. The third-order valence-corrected chi connectivity index (χ3v) is 4.65. The normalized spacial score (nSPS) is 41.5. The van der Waals surface area contributed by atoms with Crippen LogP contribution in [-0.4, -0.2) is 16.2 Å². The van der Waals surface area contributed by atoms with Crippen LogP contribution in [0.3, 0.4) is 0 Å². The minimum atomic E-state index is -0.109. The maximum atomic E-state index is 6.25. The maximum absolute atomic E-state index is 6.25. The van der Waals surface area contributed by atoms with E-state index in [-0.39, 0.29) is 11.5 Å². The minimum Gasteiger partial charge on any atom is -0.339 e. The first kappa shape index (κ1) is 11.2. The fourth-order valence-corrected chi connectivity index (χ4v) is 2.93. The van der Waals surface area contributed by atoms with Gasteiger partial charge in [0.1, 0.15) is 0 Å². The predicted molar refractivity (Wildman–Crippen MR) is 64.6 cm³/mol. The Labute approximate surface area is 102 Å². The average Bonchev–Trinajstić information content (AvgIpc) is 2.85. The monoisotopic (exact) mass is 235 g/mol. The van der Waals surface area contributed by atoms with Crippen LogP contribution in [0, 0.1) is 5.92 Å². The van der Waals surface area contributed by atoms with Gasteiger partial charge in [0.2, 0.25) is 5.89 Å². The molecular weight excluding hydrogens is 214 g/mol. The zero-order valence-electron chi connectivity index (χ0n) is 10.6. The molecule has 4 heteroatoms. The van der Waals surface area contributed by atoms with Crippen molar-refractivity contribution in [1.82, 2.24) is 10.1 Å². The molecule has 4 nitrogen and oxygen atoms in total. The van der Waals surface area contributed by atoms with Crippen LogP contribution in [0.4, 0.5) is 0 Å². The van der Waals surface area contributed by atoms with E-state index in [1.54, 1.807) is 0 Å². The summed E-state index contributed by atoms with van der Waals surface area (Å²) in [6.07, 6.45) is 5.75. The van der Waals surface area contributed by atoms with Crippen LogP contribution < -0.4 is 5.73 Å². The number of aromatic nitrogens is 2. The van der Waals surface area contributed by atoms with Crippen molar-refractivity contribution >= 4 is 0 Å². The lowest BCUT2D eigenvalue weighted by molar-refractivity contribution is 0.203. The predicted octanol–water partition coefficient (Wildman–Crippen LogP) is 2.35. The van der Waals surface area contributed by atoms with Gasteiger partial charge in [0.25, 0.3) is 0 Å². The van der Waals surface area contributed by atoms with Gasteiger partial charge in [-0.15, -0.1) is 0 Å². The summed E-state index contributed by atoms with van der Waals surface area (Å²) in [5, 5.41) is 4.14. The van der Waals surface area contributed by atoms with Crippen molar-refractivity contribution in [2.75, 3.05) is 0 Å². The molecule has 94 valence electrons. The molecule has 0 spiro atoms. The average molecular weight is 235 g/mol. The van der Waals surface area contributed by atoms with Crippen molar-refractivity contribution in [1.29, 1.82) is 0 Å².